The van der Waals surface area contributed by atoms with Crippen molar-refractivity contribution in [2.75, 3.05) is 44.3 Å². The van der Waals surface area contributed by atoms with Crippen molar-refractivity contribution in [1.29, 1.82) is 0 Å². The van der Waals surface area contributed by atoms with Crippen LogP contribution in [0.1, 0.15) is 42.6 Å². The first kappa shape index (κ1) is 19.8. The molecule has 0 atom stereocenters. The molecule has 2 aromatic rings. The fraction of sp³-hybridized carbons (Fsp3) is 0.619. The Morgan fingerprint density at radius 3 is 2.38 bits per heavy atom. The van der Waals surface area contributed by atoms with E-state index in [4.69, 9.17) is 4.74 Å². The zero-order chi connectivity index (χ0) is 20.2. The lowest BCUT2D eigenvalue weighted by Crippen LogP contribution is -2.40. The summed E-state index contributed by atoms with van der Waals surface area (Å²) in [5.74, 6) is 1.84. The van der Waals surface area contributed by atoms with E-state index in [9.17, 15) is 4.79 Å². The molecule has 0 spiro atoms. The van der Waals surface area contributed by atoms with E-state index in [0.717, 1.165) is 41.7 Å². The molecule has 29 heavy (non-hydrogen) atoms. The predicted octanol–water partition coefficient (Wildman–Crippen LogP) is 2.06. The summed E-state index contributed by atoms with van der Waals surface area (Å²) in [4.78, 5) is 16.7. The van der Waals surface area contributed by atoms with Crippen molar-refractivity contribution < 1.29 is 9.53 Å². The Kier molecular flexibility index (Phi) is 6.08. The van der Waals surface area contributed by atoms with Crippen molar-refractivity contribution in [2.24, 2.45) is 0 Å². The number of nitrogens with zero attached hydrogens (tertiary/aromatic N) is 6. The van der Waals surface area contributed by atoms with Gasteiger partial charge >= 0.3 is 0 Å². The molecule has 0 saturated carbocycles. The van der Waals surface area contributed by atoms with E-state index in [1.165, 1.54) is 19.3 Å². The number of ether oxygens (including phenoxy) is 1. The van der Waals surface area contributed by atoms with E-state index in [1.54, 1.807) is 0 Å². The van der Waals surface area contributed by atoms with Gasteiger partial charge in [0.05, 0.1) is 18.9 Å². The van der Waals surface area contributed by atoms with Gasteiger partial charge in [0.25, 0.3) is 0 Å². The second-order valence-corrected chi connectivity index (χ2v) is 7.85. The average molecular weight is 399 g/mol. The molecule has 8 heteroatoms. The van der Waals surface area contributed by atoms with Crippen LogP contribution in [0.25, 0.3) is 5.82 Å². The van der Waals surface area contributed by atoms with Crippen molar-refractivity contribution in [1.82, 2.24) is 24.9 Å². The Labute approximate surface area is 171 Å². The third-order valence-corrected chi connectivity index (χ3v) is 5.93. The Morgan fingerprint density at radius 2 is 1.69 bits per heavy atom. The molecule has 0 bridgehead atoms. The average Bonchev–Trinajstić information content (AvgIpc) is 3.06. The van der Waals surface area contributed by atoms with Crippen LogP contribution in [0.5, 0.6) is 0 Å². The van der Waals surface area contributed by atoms with Gasteiger partial charge in [-0.05, 0) is 57.2 Å². The van der Waals surface area contributed by atoms with E-state index in [0.29, 0.717) is 39.1 Å². The minimum atomic E-state index is 0.186. The van der Waals surface area contributed by atoms with E-state index in [-0.39, 0.29) is 5.91 Å². The minimum absolute atomic E-state index is 0.186. The molecule has 2 fully saturated rings. The van der Waals surface area contributed by atoms with Crippen molar-refractivity contribution >= 4 is 11.7 Å². The van der Waals surface area contributed by atoms with Gasteiger partial charge in [0.2, 0.25) is 5.91 Å². The maximum absolute atomic E-state index is 12.5. The van der Waals surface area contributed by atoms with Crippen LogP contribution < -0.4 is 4.90 Å². The van der Waals surface area contributed by atoms with Crippen molar-refractivity contribution in [3.05, 3.63) is 29.1 Å². The monoisotopic (exact) mass is 398 g/mol. The Bertz CT molecular complexity index is 836. The molecule has 2 aliphatic rings. The molecule has 2 saturated heterocycles. The number of morpholine rings is 1. The number of carbonyl (C=O) groups excluding carboxylic acids is 1. The molecular weight excluding hydrogens is 368 g/mol. The lowest BCUT2D eigenvalue weighted by atomic mass is 10.1. The number of rotatable bonds is 5. The number of hydrogen-bond acceptors (Lipinski definition) is 6. The van der Waals surface area contributed by atoms with Gasteiger partial charge in [0.15, 0.2) is 11.6 Å². The van der Waals surface area contributed by atoms with E-state index >= 15 is 0 Å². The molecule has 0 aliphatic carbocycles. The number of anilines is 1. The number of piperidine rings is 1. The molecule has 4 rings (SSSR count). The Balaban J connectivity index is 1.44. The van der Waals surface area contributed by atoms with Crippen molar-refractivity contribution in [2.45, 2.75) is 46.0 Å². The minimum Gasteiger partial charge on any atom is -0.378 e. The van der Waals surface area contributed by atoms with Crippen LogP contribution >= 0.6 is 0 Å². The topological polar surface area (TPSA) is 76.4 Å². The Hall–Kier alpha value is -2.48. The normalized spacial score (nSPS) is 17.6. The van der Waals surface area contributed by atoms with Crippen LogP contribution in [-0.4, -0.2) is 70.2 Å². The smallest absolute Gasteiger partial charge is 0.223 e. The molecule has 0 aromatic carbocycles. The van der Waals surface area contributed by atoms with Crippen LogP contribution in [-0.2, 0) is 16.0 Å². The van der Waals surface area contributed by atoms with Crippen LogP contribution in [0.2, 0.25) is 0 Å². The number of hydrogen-bond donors (Lipinski definition) is 0. The number of carbonyl (C=O) groups is 1. The van der Waals surface area contributed by atoms with Crippen LogP contribution in [0, 0.1) is 13.8 Å². The summed E-state index contributed by atoms with van der Waals surface area (Å²) in [5.41, 5.74) is 3.09. The summed E-state index contributed by atoms with van der Waals surface area (Å²) >= 11 is 0. The highest BCUT2D eigenvalue weighted by molar-refractivity contribution is 5.76. The number of aromatic nitrogens is 4. The number of aryl methyl sites for hydroxylation is 1. The first-order valence-corrected chi connectivity index (χ1v) is 10.6. The number of amides is 1. The maximum Gasteiger partial charge on any atom is 0.223 e. The van der Waals surface area contributed by atoms with Gasteiger partial charge in [0, 0.05) is 38.3 Å². The third-order valence-electron chi connectivity index (χ3n) is 5.93. The molecule has 2 aliphatic heterocycles. The third kappa shape index (κ3) is 4.42. The first-order valence-electron chi connectivity index (χ1n) is 10.6. The molecule has 1 amide bonds. The van der Waals surface area contributed by atoms with Gasteiger partial charge in [-0.3, -0.25) is 4.79 Å². The molecule has 0 radical (unpaired) electrons. The summed E-state index contributed by atoms with van der Waals surface area (Å²) in [6.45, 7) is 8.78. The molecular formula is C21H30N6O2. The van der Waals surface area contributed by atoms with E-state index in [1.807, 2.05) is 35.6 Å². The highest BCUT2D eigenvalue weighted by Crippen LogP contribution is 2.21. The first-order chi connectivity index (χ1) is 14.1. The van der Waals surface area contributed by atoms with Crippen LogP contribution in [0.4, 0.5) is 5.82 Å². The summed E-state index contributed by atoms with van der Waals surface area (Å²) in [6.07, 6.45) is 4.91. The zero-order valence-corrected chi connectivity index (χ0v) is 17.4. The van der Waals surface area contributed by atoms with Crippen LogP contribution in [0.3, 0.4) is 0 Å². The van der Waals surface area contributed by atoms with Gasteiger partial charge in [-0.15, -0.1) is 10.2 Å². The van der Waals surface area contributed by atoms with E-state index < -0.39 is 0 Å². The molecule has 4 heterocycles. The van der Waals surface area contributed by atoms with Gasteiger partial charge in [-0.2, -0.15) is 5.10 Å². The van der Waals surface area contributed by atoms with Gasteiger partial charge in [-0.25, -0.2) is 4.68 Å². The van der Waals surface area contributed by atoms with Crippen LogP contribution in [0.15, 0.2) is 12.1 Å². The maximum atomic E-state index is 12.5. The molecule has 2 aromatic heterocycles. The molecule has 156 valence electrons. The zero-order valence-electron chi connectivity index (χ0n) is 17.4. The Morgan fingerprint density at radius 1 is 1.00 bits per heavy atom. The highest BCUT2D eigenvalue weighted by Gasteiger charge is 2.20. The van der Waals surface area contributed by atoms with Gasteiger partial charge in [0.1, 0.15) is 0 Å². The lowest BCUT2D eigenvalue weighted by Gasteiger charge is -2.27. The second-order valence-electron chi connectivity index (χ2n) is 7.85. The molecule has 0 N–H and O–H groups in total. The summed E-state index contributed by atoms with van der Waals surface area (Å²) < 4.78 is 7.17. The lowest BCUT2D eigenvalue weighted by molar-refractivity contribution is -0.135. The largest absolute Gasteiger partial charge is 0.378 e. The molecule has 0 unspecified atom stereocenters. The SMILES string of the molecule is Cc1nn(-c2ccc(N3CCCCC3)nn2)c(C)c1CCC(=O)N1CCOCC1. The second kappa shape index (κ2) is 8.90. The summed E-state index contributed by atoms with van der Waals surface area (Å²) in [5, 5.41) is 13.5. The predicted molar refractivity (Wildman–Crippen MR) is 110 cm³/mol. The standard InChI is InChI=1S/C21H30N6O2/c1-16-18(6-9-21(28)26-12-14-29-15-13-26)17(2)27(24-16)20-8-7-19(22-23-20)25-10-4-3-5-11-25/h7-8H,3-6,9-15H2,1-2H3. The fourth-order valence-corrected chi connectivity index (χ4v) is 4.19. The highest BCUT2D eigenvalue weighted by atomic mass is 16.5. The fourth-order valence-electron chi connectivity index (χ4n) is 4.19. The van der Waals surface area contributed by atoms with Crippen molar-refractivity contribution in [3.63, 3.8) is 0 Å². The summed E-state index contributed by atoms with van der Waals surface area (Å²) in [7, 11) is 0. The quantitative estimate of drug-likeness (QED) is 0.767. The van der Waals surface area contributed by atoms with Gasteiger partial charge in [-0.1, -0.05) is 0 Å². The van der Waals surface area contributed by atoms with E-state index in [2.05, 4.69) is 20.2 Å². The van der Waals surface area contributed by atoms with Gasteiger partial charge < -0.3 is 14.5 Å². The van der Waals surface area contributed by atoms with Crippen molar-refractivity contribution in [3.8, 4) is 5.82 Å². The molecule has 8 nitrogen and oxygen atoms in total. The summed E-state index contributed by atoms with van der Waals surface area (Å²) in [6, 6.07) is 4.02.